The van der Waals surface area contributed by atoms with E-state index < -0.39 is 9.05 Å². The Morgan fingerprint density at radius 2 is 1.92 bits per heavy atom. The molecule has 0 atom stereocenters. The molecule has 0 unspecified atom stereocenters. The largest absolute Gasteiger partial charge is 0.262 e. The lowest BCUT2D eigenvalue weighted by Gasteiger charge is -2.00. The molecule has 6 heteroatoms. The molecule has 1 aromatic carbocycles. The highest BCUT2D eigenvalue weighted by molar-refractivity contribution is 9.10. The van der Waals surface area contributed by atoms with Crippen LogP contribution >= 0.6 is 38.2 Å². The second kappa shape index (κ2) is 3.54. The molecule has 1 aromatic rings. The molecule has 0 aliphatic heterocycles. The van der Waals surface area contributed by atoms with E-state index in [2.05, 4.69) is 15.9 Å². The van der Waals surface area contributed by atoms with Crippen LogP contribution in [0.15, 0.2) is 27.6 Å². The zero-order chi connectivity index (χ0) is 9.35. The van der Waals surface area contributed by atoms with Gasteiger partial charge in [0.15, 0.2) is 0 Å². The van der Waals surface area contributed by atoms with E-state index in [1.54, 1.807) is 6.07 Å². The average molecular weight is 290 g/mol. The summed E-state index contributed by atoms with van der Waals surface area (Å²) in [7, 11) is 1.40. The average Bonchev–Trinajstić information content (AvgIpc) is 1.92. The van der Waals surface area contributed by atoms with Crippen LogP contribution in [0.5, 0.6) is 0 Å². The minimum Gasteiger partial charge on any atom is -0.207 e. The van der Waals surface area contributed by atoms with Gasteiger partial charge in [-0.15, -0.1) is 0 Å². The van der Waals surface area contributed by atoms with Crippen LogP contribution in [0.2, 0.25) is 5.02 Å². The third-order valence-corrected chi connectivity index (χ3v) is 4.20. The molecular formula is C6H3BrCl2O2S. The minimum atomic E-state index is -3.72. The van der Waals surface area contributed by atoms with Crippen molar-refractivity contribution in [3.05, 3.63) is 27.7 Å². The Kier molecular flexibility index (Phi) is 3.04. The van der Waals surface area contributed by atoms with E-state index in [4.69, 9.17) is 22.3 Å². The number of hydrogen-bond donors (Lipinski definition) is 0. The van der Waals surface area contributed by atoms with Crippen molar-refractivity contribution in [2.24, 2.45) is 0 Å². The van der Waals surface area contributed by atoms with Crippen LogP contribution in [0.25, 0.3) is 0 Å². The van der Waals surface area contributed by atoms with Crippen LogP contribution in [0.1, 0.15) is 0 Å². The van der Waals surface area contributed by atoms with Gasteiger partial charge in [0.25, 0.3) is 9.05 Å². The molecule has 0 saturated carbocycles. The van der Waals surface area contributed by atoms with Crippen molar-refractivity contribution in [3.63, 3.8) is 0 Å². The maximum atomic E-state index is 10.9. The summed E-state index contributed by atoms with van der Waals surface area (Å²) in [5.74, 6) is 0. The summed E-state index contributed by atoms with van der Waals surface area (Å²) in [5, 5.41) is 0.316. The van der Waals surface area contributed by atoms with Crippen molar-refractivity contribution < 1.29 is 8.42 Å². The van der Waals surface area contributed by atoms with Gasteiger partial charge in [0.1, 0.15) is 0 Å². The van der Waals surface area contributed by atoms with Gasteiger partial charge in [-0.05, 0) is 28.1 Å². The topological polar surface area (TPSA) is 34.1 Å². The number of rotatable bonds is 1. The Labute approximate surface area is 88.0 Å². The van der Waals surface area contributed by atoms with Crippen LogP contribution in [0, 0.1) is 0 Å². The van der Waals surface area contributed by atoms with Gasteiger partial charge in [-0.3, -0.25) is 0 Å². The third-order valence-electron chi connectivity index (χ3n) is 1.18. The number of halogens is 3. The molecule has 12 heavy (non-hydrogen) atoms. The minimum absolute atomic E-state index is 0.0170. The Hall–Kier alpha value is 0.230. The summed E-state index contributed by atoms with van der Waals surface area (Å²) in [4.78, 5) is -0.0170. The molecule has 0 radical (unpaired) electrons. The third kappa shape index (κ3) is 2.13. The fourth-order valence-electron chi connectivity index (χ4n) is 0.672. The van der Waals surface area contributed by atoms with Crippen molar-refractivity contribution in [3.8, 4) is 0 Å². The van der Waals surface area contributed by atoms with Gasteiger partial charge in [-0.2, -0.15) is 0 Å². The normalized spacial score (nSPS) is 11.6. The fraction of sp³-hybridized carbons (Fsp3) is 0. The van der Waals surface area contributed by atoms with Crippen molar-refractivity contribution >= 4 is 47.3 Å². The van der Waals surface area contributed by atoms with Crippen molar-refractivity contribution in [2.75, 3.05) is 0 Å². The molecule has 0 aliphatic rings. The summed E-state index contributed by atoms with van der Waals surface area (Å²) < 4.78 is 22.1. The number of benzene rings is 1. The summed E-state index contributed by atoms with van der Waals surface area (Å²) in [6.07, 6.45) is 0. The van der Waals surface area contributed by atoms with Crippen LogP contribution in [0.3, 0.4) is 0 Å². The first kappa shape index (κ1) is 10.3. The van der Waals surface area contributed by atoms with E-state index in [-0.39, 0.29) is 4.90 Å². The van der Waals surface area contributed by atoms with Gasteiger partial charge < -0.3 is 0 Å². The molecule has 0 heterocycles. The van der Waals surface area contributed by atoms with Crippen LogP contribution in [-0.2, 0) is 9.05 Å². The standard InChI is InChI=1S/C6H3BrCl2O2S/c7-6-4(8)2-1-3-5(6)12(9,10)11/h1-3H. The summed E-state index contributed by atoms with van der Waals surface area (Å²) >= 11 is 8.67. The van der Waals surface area contributed by atoms with Crippen LogP contribution < -0.4 is 0 Å². The summed E-state index contributed by atoms with van der Waals surface area (Å²) in [5.41, 5.74) is 0. The quantitative estimate of drug-likeness (QED) is 0.745. The lowest BCUT2D eigenvalue weighted by atomic mass is 10.4. The maximum absolute atomic E-state index is 10.9. The lowest BCUT2D eigenvalue weighted by molar-refractivity contribution is 0.609. The smallest absolute Gasteiger partial charge is 0.207 e. The molecule has 1 rings (SSSR count). The van der Waals surface area contributed by atoms with E-state index in [0.29, 0.717) is 9.50 Å². The Bertz CT molecular complexity index is 402. The molecule has 0 saturated heterocycles. The molecular weight excluding hydrogens is 287 g/mol. The number of hydrogen-bond acceptors (Lipinski definition) is 2. The van der Waals surface area contributed by atoms with Crippen molar-refractivity contribution in [1.29, 1.82) is 0 Å². The van der Waals surface area contributed by atoms with Crippen LogP contribution in [0.4, 0.5) is 0 Å². The molecule has 0 bridgehead atoms. The van der Waals surface area contributed by atoms with Crippen LogP contribution in [-0.4, -0.2) is 8.42 Å². The van der Waals surface area contributed by atoms with Gasteiger partial charge in [-0.25, -0.2) is 8.42 Å². The van der Waals surface area contributed by atoms with Gasteiger partial charge in [-0.1, -0.05) is 17.7 Å². The molecule has 0 N–H and O–H groups in total. The molecule has 2 nitrogen and oxygen atoms in total. The Morgan fingerprint density at radius 3 is 2.33 bits per heavy atom. The molecule has 0 aliphatic carbocycles. The van der Waals surface area contributed by atoms with Crippen molar-refractivity contribution in [1.82, 2.24) is 0 Å². The summed E-state index contributed by atoms with van der Waals surface area (Å²) in [6.45, 7) is 0. The maximum Gasteiger partial charge on any atom is 0.262 e. The zero-order valence-electron chi connectivity index (χ0n) is 5.59. The van der Waals surface area contributed by atoms with E-state index >= 15 is 0 Å². The van der Waals surface area contributed by atoms with E-state index in [1.807, 2.05) is 0 Å². The molecule has 0 spiro atoms. The molecule has 0 amide bonds. The second-order valence-corrected chi connectivity index (χ2v) is 5.72. The van der Waals surface area contributed by atoms with Gasteiger partial charge in [0, 0.05) is 10.7 Å². The van der Waals surface area contributed by atoms with Gasteiger partial charge in [0.2, 0.25) is 0 Å². The van der Waals surface area contributed by atoms with Gasteiger partial charge in [0.05, 0.1) is 14.4 Å². The SMILES string of the molecule is O=S(=O)(Cl)c1cccc(Cl)c1Br. The van der Waals surface area contributed by atoms with E-state index in [1.165, 1.54) is 12.1 Å². The highest BCUT2D eigenvalue weighted by Crippen LogP contribution is 2.31. The van der Waals surface area contributed by atoms with Gasteiger partial charge >= 0.3 is 0 Å². The fourth-order valence-corrected chi connectivity index (χ4v) is 3.04. The highest BCUT2D eigenvalue weighted by atomic mass is 79.9. The molecule has 0 fully saturated rings. The molecule has 0 aromatic heterocycles. The van der Waals surface area contributed by atoms with E-state index in [0.717, 1.165) is 0 Å². The Balaban J connectivity index is 3.47. The van der Waals surface area contributed by atoms with Crippen molar-refractivity contribution in [2.45, 2.75) is 4.90 Å². The monoisotopic (exact) mass is 288 g/mol. The highest BCUT2D eigenvalue weighted by Gasteiger charge is 2.15. The van der Waals surface area contributed by atoms with E-state index in [9.17, 15) is 8.42 Å². The predicted octanol–water partition coefficient (Wildman–Crippen LogP) is 3.03. The first-order valence-electron chi connectivity index (χ1n) is 2.81. The predicted molar refractivity (Wildman–Crippen MR) is 52.2 cm³/mol. The zero-order valence-corrected chi connectivity index (χ0v) is 9.51. The summed E-state index contributed by atoms with van der Waals surface area (Å²) in [6, 6.07) is 4.46. The second-order valence-electron chi connectivity index (χ2n) is 1.99. The molecule has 66 valence electrons. The first-order valence-corrected chi connectivity index (χ1v) is 6.29. The lowest BCUT2D eigenvalue weighted by Crippen LogP contribution is -1.91. The first-order chi connectivity index (χ1) is 5.43. The Morgan fingerprint density at radius 1 is 1.33 bits per heavy atom.